The lowest BCUT2D eigenvalue weighted by Gasteiger charge is -2.07. The lowest BCUT2D eigenvalue weighted by Crippen LogP contribution is -2.26. The summed E-state index contributed by atoms with van der Waals surface area (Å²) < 4.78 is 4.33. The van der Waals surface area contributed by atoms with Crippen LogP contribution in [0.2, 0.25) is 0 Å². The predicted molar refractivity (Wildman–Crippen MR) is 102 cm³/mol. The van der Waals surface area contributed by atoms with Crippen LogP contribution in [0.4, 0.5) is 5.69 Å². The number of carbonyl (C=O) groups excluding carboxylic acids is 2. The number of hydrogen-bond acceptors (Lipinski definition) is 5. The van der Waals surface area contributed by atoms with E-state index in [1.165, 1.54) is 6.92 Å². The largest absolute Gasteiger partial charge is 0.351 e. The summed E-state index contributed by atoms with van der Waals surface area (Å²) in [4.78, 5) is 28.8. The van der Waals surface area contributed by atoms with E-state index in [4.69, 9.17) is 0 Å². The Balaban J connectivity index is 1.77. The standard InChI is InChI=1S/C19H18N4O2S/c1-13(24)22-17-16(15-9-5-6-11-20-15)23-26-18(17)19(25)21-12-10-14-7-3-2-4-8-14/h2-9,11H,10,12H2,1H3,(H,21,25)(H,22,24). The molecule has 3 aromatic rings. The average Bonchev–Trinajstić information content (AvgIpc) is 3.06. The van der Waals surface area contributed by atoms with Crippen molar-refractivity contribution in [2.24, 2.45) is 0 Å². The molecule has 0 aliphatic carbocycles. The van der Waals surface area contributed by atoms with Gasteiger partial charge in [-0.05, 0) is 35.6 Å². The van der Waals surface area contributed by atoms with E-state index in [0.29, 0.717) is 28.5 Å². The lowest BCUT2D eigenvalue weighted by molar-refractivity contribution is -0.114. The Morgan fingerprint density at radius 3 is 2.54 bits per heavy atom. The summed E-state index contributed by atoms with van der Waals surface area (Å²) in [7, 11) is 0. The number of pyridine rings is 1. The van der Waals surface area contributed by atoms with Crippen LogP contribution >= 0.6 is 11.5 Å². The van der Waals surface area contributed by atoms with Crippen molar-refractivity contribution < 1.29 is 9.59 Å². The van der Waals surface area contributed by atoms with Crippen LogP contribution < -0.4 is 10.6 Å². The van der Waals surface area contributed by atoms with Gasteiger partial charge >= 0.3 is 0 Å². The van der Waals surface area contributed by atoms with Crippen LogP contribution in [0.15, 0.2) is 54.7 Å². The van der Waals surface area contributed by atoms with Crippen molar-refractivity contribution in [1.29, 1.82) is 0 Å². The molecule has 0 atom stereocenters. The zero-order chi connectivity index (χ0) is 18.4. The Bertz CT molecular complexity index is 894. The van der Waals surface area contributed by atoms with Gasteiger partial charge in [-0.1, -0.05) is 36.4 Å². The molecule has 7 heteroatoms. The molecule has 6 nitrogen and oxygen atoms in total. The number of hydrogen-bond donors (Lipinski definition) is 2. The third-order valence-corrected chi connectivity index (χ3v) is 4.49. The minimum atomic E-state index is -0.263. The molecule has 0 saturated heterocycles. The minimum absolute atomic E-state index is 0.260. The fourth-order valence-electron chi connectivity index (χ4n) is 2.46. The molecule has 132 valence electrons. The number of benzene rings is 1. The topological polar surface area (TPSA) is 84.0 Å². The fourth-order valence-corrected chi connectivity index (χ4v) is 3.22. The molecule has 2 amide bonds. The van der Waals surface area contributed by atoms with Gasteiger partial charge in [-0.3, -0.25) is 14.6 Å². The van der Waals surface area contributed by atoms with E-state index in [1.807, 2.05) is 36.4 Å². The fraction of sp³-hybridized carbons (Fsp3) is 0.158. The molecule has 0 fully saturated rings. The molecular formula is C19H18N4O2S. The average molecular weight is 366 g/mol. The summed E-state index contributed by atoms with van der Waals surface area (Å²) >= 11 is 1.05. The van der Waals surface area contributed by atoms with Crippen LogP contribution in [0.1, 0.15) is 22.2 Å². The Kier molecular flexibility index (Phi) is 5.70. The van der Waals surface area contributed by atoms with E-state index in [1.54, 1.807) is 18.3 Å². The van der Waals surface area contributed by atoms with Crippen molar-refractivity contribution in [3.05, 3.63) is 65.2 Å². The van der Waals surface area contributed by atoms with Gasteiger partial charge in [-0.25, -0.2) is 0 Å². The highest BCUT2D eigenvalue weighted by atomic mass is 32.1. The zero-order valence-corrected chi connectivity index (χ0v) is 15.0. The van der Waals surface area contributed by atoms with Crippen molar-refractivity contribution in [2.45, 2.75) is 13.3 Å². The summed E-state index contributed by atoms with van der Waals surface area (Å²) in [5.41, 5.74) is 2.65. The maximum absolute atomic E-state index is 12.6. The van der Waals surface area contributed by atoms with Gasteiger partial charge in [0.1, 0.15) is 10.6 Å². The number of nitrogens with zero attached hydrogens (tertiary/aromatic N) is 2. The predicted octanol–water partition coefficient (Wildman–Crippen LogP) is 3.14. The highest BCUT2D eigenvalue weighted by Gasteiger charge is 2.22. The first kappa shape index (κ1) is 17.8. The van der Waals surface area contributed by atoms with Gasteiger partial charge in [0.15, 0.2) is 0 Å². The van der Waals surface area contributed by atoms with Crippen LogP contribution in [-0.4, -0.2) is 27.7 Å². The van der Waals surface area contributed by atoms with Gasteiger partial charge < -0.3 is 10.6 Å². The quantitative estimate of drug-likeness (QED) is 0.702. The number of aromatic nitrogens is 2. The van der Waals surface area contributed by atoms with Crippen LogP contribution in [0.25, 0.3) is 11.4 Å². The van der Waals surface area contributed by atoms with E-state index < -0.39 is 0 Å². The first-order valence-electron chi connectivity index (χ1n) is 8.16. The summed E-state index contributed by atoms with van der Waals surface area (Å²) in [5.74, 6) is -0.523. The van der Waals surface area contributed by atoms with E-state index in [-0.39, 0.29) is 11.8 Å². The molecule has 2 heterocycles. The molecule has 0 unspecified atom stereocenters. The van der Waals surface area contributed by atoms with Gasteiger partial charge in [-0.2, -0.15) is 4.37 Å². The van der Waals surface area contributed by atoms with E-state index in [0.717, 1.165) is 23.5 Å². The lowest BCUT2D eigenvalue weighted by atomic mass is 10.1. The number of rotatable bonds is 6. The zero-order valence-electron chi connectivity index (χ0n) is 14.2. The number of amides is 2. The van der Waals surface area contributed by atoms with Crippen LogP contribution in [0.5, 0.6) is 0 Å². The molecule has 1 aromatic carbocycles. The molecule has 0 aliphatic rings. The first-order chi connectivity index (χ1) is 12.6. The molecule has 2 aromatic heterocycles. The second-order valence-electron chi connectivity index (χ2n) is 5.62. The highest BCUT2D eigenvalue weighted by molar-refractivity contribution is 7.09. The van der Waals surface area contributed by atoms with Gasteiger partial charge in [0, 0.05) is 19.7 Å². The smallest absolute Gasteiger partial charge is 0.265 e. The Morgan fingerprint density at radius 2 is 1.85 bits per heavy atom. The molecule has 0 radical (unpaired) electrons. The van der Waals surface area contributed by atoms with Crippen LogP contribution in [0, 0.1) is 0 Å². The SMILES string of the molecule is CC(=O)Nc1c(-c2ccccn2)nsc1C(=O)NCCc1ccccc1. The molecule has 3 rings (SSSR count). The van der Waals surface area contributed by atoms with Crippen LogP contribution in [-0.2, 0) is 11.2 Å². The normalized spacial score (nSPS) is 10.3. The number of carbonyl (C=O) groups is 2. The van der Waals surface area contributed by atoms with Crippen molar-refractivity contribution in [3.63, 3.8) is 0 Å². The monoisotopic (exact) mass is 366 g/mol. The van der Waals surface area contributed by atoms with Gasteiger partial charge in [0.2, 0.25) is 5.91 Å². The van der Waals surface area contributed by atoms with E-state index >= 15 is 0 Å². The van der Waals surface area contributed by atoms with Crippen LogP contribution in [0.3, 0.4) is 0 Å². The molecule has 0 saturated carbocycles. The molecular weight excluding hydrogens is 348 g/mol. The first-order valence-corrected chi connectivity index (χ1v) is 8.93. The van der Waals surface area contributed by atoms with E-state index in [2.05, 4.69) is 20.0 Å². The summed E-state index contributed by atoms with van der Waals surface area (Å²) in [6.07, 6.45) is 2.37. The molecule has 0 spiro atoms. The number of nitrogens with one attached hydrogen (secondary N) is 2. The van der Waals surface area contributed by atoms with Crippen molar-refractivity contribution in [2.75, 3.05) is 11.9 Å². The highest BCUT2D eigenvalue weighted by Crippen LogP contribution is 2.32. The molecule has 26 heavy (non-hydrogen) atoms. The van der Waals surface area contributed by atoms with Gasteiger partial charge in [-0.15, -0.1) is 0 Å². The second-order valence-corrected chi connectivity index (χ2v) is 6.40. The van der Waals surface area contributed by atoms with Crippen molar-refractivity contribution >= 4 is 29.0 Å². The van der Waals surface area contributed by atoms with Crippen molar-refractivity contribution in [3.8, 4) is 11.4 Å². The van der Waals surface area contributed by atoms with Gasteiger partial charge in [0.25, 0.3) is 5.91 Å². The Labute approximate surface area is 155 Å². The maximum Gasteiger partial charge on any atom is 0.265 e. The molecule has 0 aliphatic heterocycles. The Hall–Kier alpha value is -3.06. The minimum Gasteiger partial charge on any atom is -0.351 e. The molecule has 2 N–H and O–H groups in total. The van der Waals surface area contributed by atoms with E-state index in [9.17, 15) is 9.59 Å². The second kappa shape index (κ2) is 8.35. The van der Waals surface area contributed by atoms with Gasteiger partial charge in [0.05, 0.1) is 11.4 Å². The van der Waals surface area contributed by atoms with Crippen molar-refractivity contribution in [1.82, 2.24) is 14.7 Å². The number of anilines is 1. The summed E-state index contributed by atoms with van der Waals surface area (Å²) in [5, 5.41) is 5.60. The summed E-state index contributed by atoms with van der Waals surface area (Å²) in [6.45, 7) is 1.90. The molecule has 0 bridgehead atoms. The maximum atomic E-state index is 12.6. The third kappa shape index (κ3) is 4.31. The summed E-state index contributed by atoms with van der Waals surface area (Å²) in [6, 6.07) is 15.3. The Morgan fingerprint density at radius 1 is 1.08 bits per heavy atom. The third-order valence-electron chi connectivity index (χ3n) is 3.65.